The SMILES string of the molecule is C=CCOC(=O)Nc1c(Br)cc(OC)cc1C(=O)O. The van der Waals surface area contributed by atoms with Crippen LogP contribution in [0.3, 0.4) is 0 Å². The van der Waals surface area contributed by atoms with Crippen LogP contribution >= 0.6 is 15.9 Å². The summed E-state index contributed by atoms with van der Waals surface area (Å²) in [4.78, 5) is 22.6. The summed E-state index contributed by atoms with van der Waals surface area (Å²) in [7, 11) is 1.42. The quantitative estimate of drug-likeness (QED) is 0.811. The van der Waals surface area contributed by atoms with Crippen molar-refractivity contribution >= 4 is 33.7 Å². The lowest BCUT2D eigenvalue weighted by molar-refractivity contribution is 0.0697. The maximum atomic E-state index is 11.4. The van der Waals surface area contributed by atoms with Gasteiger partial charge >= 0.3 is 12.1 Å². The number of hydrogen-bond donors (Lipinski definition) is 2. The fourth-order valence-corrected chi connectivity index (χ4v) is 1.81. The van der Waals surface area contributed by atoms with Gasteiger partial charge in [0.2, 0.25) is 0 Å². The second-order valence-electron chi connectivity index (χ2n) is 3.35. The van der Waals surface area contributed by atoms with E-state index in [1.54, 1.807) is 0 Å². The van der Waals surface area contributed by atoms with Gasteiger partial charge in [0.1, 0.15) is 12.4 Å². The van der Waals surface area contributed by atoms with E-state index in [4.69, 9.17) is 14.6 Å². The predicted octanol–water partition coefficient (Wildman–Crippen LogP) is 2.89. The topological polar surface area (TPSA) is 84.9 Å². The molecule has 6 nitrogen and oxygen atoms in total. The third-order valence-corrected chi connectivity index (χ3v) is 2.71. The molecule has 0 heterocycles. The second kappa shape index (κ2) is 6.79. The first-order valence-corrected chi connectivity index (χ1v) is 5.94. The van der Waals surface area contributed by atoms with Gasteiger partial charge in [-0.3, -0.25) is 5.32 Å². The standard InChI is InChI=1S/C12H12BrNO5/c1-3-4-19-12(17)14-10-8(11(15)16)5-7(18-2)6-9(10)13/h3,5-6H,1,4H2,2H3,(H,14,17)(H,15,16). The maximum absolute atomic E-state index is 11.4. The molecular formula is C12H12BrNO5. The fourth-order valence-electron chi connectivity index (χ4n) is 1.27. The monoisotopic (exact) mass is 329 g/mol. The van der Waals surface area contributed by atoms with Crippen molar-refractivity contribution < 1.29 is 24.2 Å². The number of carboxylic acid groups (broad SMARTS) is 1. The molecule has 0 fully saturated rings. The Bertz CT molecular complexity index is 515. The van der Waals surface area contributed by atoms with Crippen LogP contribution in [0.15, 0.2) is 29.3 Å². The number of nitrogens with one attached hydrogen (secondary N) is 1. The predicted molar refractivity (Wildman–Crippen MR) is 72.8 cm³/mol. The highest BCUT2D eigenvalue weighted by atomic mass is 79.9. The molecule has 102 valence electrons. The Labute approximate surface area is 118 Å². The molecule has 0 aromatic heterocycles. The molecule has 0 saturated heterocycles. The highest BCUT2D eigenvalue weighted by molar-refractivity contribution is 9.10. The molecule has 1 aromatic carbocycles. The van der Waals surface area contributed by atoms with Crippen LogP contribution < -0.4 is 10.1 Å². The van der Waals surface area contributed by atoms with Gasteiger partial charge < -0.3 is 14.6 Å². The van der Waals surface area contributed by atoms with E-state index in [0.717, 1.165) is 0 Å². The number of hydrogen-bond acceptors (Lipinski definition) is 4. The summed E-state index contributed by atoms with van der Waals surface area (Å²) >= 11 is 3.17. The number of methoxy groups -OCH3 is 1. The molecule has 0 aliphatic rings. The van der Waals surface area contributed by atoms with Crippen molar-refractivity contribution in [3.8, 4) is 5.75 Å². The first-order valence-electron chi connectivity index (χ1n) is 5.15. The van der Waals surface area contributed by atoms with Gasteiger partial charge in [-0.15, -0.1) is 0 Å². The first kappa shape index (κ1) is 15.0. The summed E-state index contributed by atoms with van der Waals surface area (Å²) in [6.45, 7) is 3.43. The van der Waals surface area contributed by atoms with Crippen LogP contribution in [0, 0.1) is 0 Å². The summed E-state index contributed by atoms with van der Waals surface area (Å²) < 4.78 is 10.1. The lowest BCUT2D eigenvalue weighted by atomic mass is 10.1. The normalized spacial score (nSPS) is 9.58. The van der Waals surface area contributed by atoms with E-state index >= 15 is 0 Å². The summed E-state index contributed by atoms with van der Waals surface area (Å²) in [5.41, 5.74) is -0.0101. The summed E-state index contributed by atoms with van der Waals surface area (Å²) in [5.74, 6) is -0.840. The largest absolute Gasteiger partial charge is 0.497 e. The molecule has 1 rings (SSSR count). The van der Waals surface area contributed by atoms with Crippen molar-refractivity contribution in [3.63, 3.8) is 0 Å². The van der Waals surface area contributed by atoms with Gasteiger partial charge in [-0.2, -0.15) is 0 Å². The van der Waals surface area contributed by atoms with Crippen molar-refractivity contribution in [1.82, 2.24) is 0 Å². The third kappa shape index (κ3) is 3.99. The van der Waals surface area contributed by atoms with Gasteiger partial charge in [0.05, 0.1) is 18.4 Å². The molecule has 7 heteroatoms. The summed E-state index contributed by atoms with van der Waals surface area (Å²) in [6.07, 6.45) is 0.633. The molecule has 1 aromatic rings. The average Bonchev–Trinajstić information content (AvgIpc) is 2.37. The lowest BCUT2D eigenvalue weighted by Crippen LogP contribution is -2.16. The second-order valence-corrected chi connectivity index (χ2v) is 4.20. The number of benzene rings is 1. The minimum atomic E-state index is -1.20. The number of ether oxygens (including phenoxy) is 2. The van der Waals surface area contributed by atoms with E-state index < -0.39 is 12.1 Å². The summed E-state index contributed by atoms with van der Waals surface area (Å²) in [5, 5.41) is 11.5. The molecular weight excluding hydrogens is 318 g/mol. The molecule has 0 radical (unpaired) electrons. The summed E-state index contributed by atoms with van der Waals surface area (Å²) in [6, 6.07) is 2.84. The number of anilines is 1. The zero-order valence-corrected chi connectivity index (χ0v) is 11.7. The molecule has 1 amide bonds. The van der Waals surface area contributed by atoms with Crippen molar-refractivity contribution in [2.75, 3.05) is 19.0 Å². The smallest absolute Gasteiger partial charge is 0.411 e. The van der Waals surface area contributed by atoms with Crippen molar-refractivity contribution in [3.05, 3.63) is 34.8 Å². The van der Waals surface area contributed by atoms with Crippen LogP contribution in [0.1, 0.15) is 10.4 Å². The minimum absolute atomic E-state index is 0.0298. The molecule has 0 bridgehead atoms. The lowest BCUT2D eigenvalue weighted by Gasteiger charge is -2.12. The number of amides is 1. The Hall–Kier alpha value is -2.02. The van der Waals surface area contributed by atoms with Crippen LogP contribution in [0.2, 0.25) is 0 Å². The van der Waals surface area contributed by atoms with Crippen LogP contribution in [0.4, 0.5) is 10.5 Å². The van der Waals surface area contributed by atoms with Crippen LogP contribution in [-0.4, -0.2) is 30.9 Å². The molecule has 2 N–H and O–H groups in total. The Kier molecular flexibility index (Phi) is 5.37. The molecule has 0 saturated carbocycles. The number of carbonyl (C=O) groups is 2. The Morgan fingerprint density at radius 2 is 2.21 bits per heavy atom. The molecule has 0 aliphatic carbocycles. The maximum Gasteiger partial charge on any atom is 0.411 e. The number of carboxylic acids is 1. The van der Waals surface area contributed by atoms with Gasteiger partial charge in [-0.25, -0.2) is 9.59 Å². The van der Waals surface area contributed by atoms with Crippen LogP contribution in [0.25, 0.3) is 0 Å². The molecule has 0 unspecified atom stereocenters. The Morgan fingerprint density at radius 3 is 2.74 bits per heavy atom. The zero-order chi connectivity index (χ0) is 14.4. The Morgan fingerprint density at radius 1 is 1.53 bits per heavy atom. The van der Waals surface area contributed by atoms with E-state index in [1.165, 1.54) is 25.3 Å². The van der Waals surface area contributed by atoms with E-state index in [1.807, 2.05) is 0 Å². The van der Waals surface area contributed by atoms with Gasteiger partial charge in [0.15, 0.2) is 0 Å². The van der Waals surface area contributed by atoms with Crippen molar-refractivity contribution in [1.29, 1.82) is 0 Å². The van der Waals surface area contributed by atoms with Gasteiger partial charge in [-0.05, 0) is 28.1 Å². The van der Waals surface area contributed by atoms with E-state index in [2.05, 4.69) is 27.8 Å². The minimum Gasteiger partial charge on any atom is -0.497 e. The number of halogens is 1. The van der Waals surface area contributed by atoms with Gasteiger partial charge in [0, 0.05) is 4.47 Å². The van der Waals surface area contributed by atoms with E-state index in [0.29, 0.717) is 10.2 Å². The first-order chi connectivity index (χ1) is 8.99. The molecule has 0 aliphatic heterocycles. The molecule has 0 atom stereocenters. The van der Waals surface area contributed by atoms with Crippen molar-refractivity contribution in [2.45, 2.75) is 0 Å². The number of aromatic carboxylic acids is 1. The van der Waals surface area contributed by atoms with Gasteiger partial charge in [-0.1, -0.05) is 12.7 Å². The number of rotatable bonds is 5. The average molecular weight is 330 g/mol. The van der Waals surface area contributed by atoms with Crippen LogP contribution in [-0.2, 0) is 4.74 Å². The fraction of sp³-hybridized carbons (Fsp3) is 0.167. The Balaban J connectivity index is 3.08. The highest BCUT2D eigenvalue weighted by Gasteiger charge is 2.18. The highest BCUT2D eigenvalue weighted by Crippen LogP contribution is 2.31. The third-order valence-electron chi connectivity index (χ3n) is 2.09. The zero-order valence-electron chi connectivity index (χ0n) is 10.1. The number of carbonyl (C=O) groups excluding carboxylic acids is 1. The van der Waals surface area contributed by atoms with Gasteiger partial charge in [0.25, 0.3) is 0 Å². The van der Waals surface area contributed by atoms with Crippen LogP contribution in [0.5, 0.6) is 5.75 Å². The molecule has 19 heavy (non-hydrogen) atoms. The van der Waals surface area contributed by atoms with Crippen molar-refractivity contribution in [2.24, 2.45) is 0 Å². The molecule has 0 spiro atoms. The van der Waals surface area contributed by atoms with E-state index in [9.17, 15) is 9.59 Å². The van der Waals surface area contributed by atoms with E-state index in [-0.39, 0.29) is 17.9 Å².